The minimum Gasteiger partial charge on any atom is -0.324 e. The summed E-state index contributed by atoms with van der Waals surface area (Å²) < 4.78 is 0. The van der Waals surface area contributed by atoms with E-state index < -0.39 is 0 Å². The topological polar surface area (TPSA) is 38.9 Å². The highest BCUT2D eigenvalue weighted by Gasteiger charge is 2.06. The van der Waals surface area contributed by atoms with Crippen LogP contribution in [-0.4, -0.2) is 10.7 Å². The molecule has 0 unspecified atom stereocenters. The first kappa shape index (κ1) is 10.5. The summed E-state index contributed by atoms with van der Waals surface area (Å²) in [5.74, 6) is 1.11. The van der Waals surface area contributed by atoms with Gasteiger partial charge in [-0.15, -0.1) is 11.8 Å². The monoisotopic (exact) mass is 196 g/mol. The van der Waals surface area contributed by atoms with Crippen LogP contribution in [-0.2, 0) is 0 Å². The van der Waals surface area contributed by atoms with Crippen molar-refractivity contribution in [3.63, 3.8) is 0 Å². The Morgan fingerprint density at radius 3 is 3.00 bits per heavy atom. The molecule has 0 aromatic carbocycles. The molecule has 3 heteroatoms. The van der Waals surface area contributed by atoms with Gasteiger partial charge in [0.1, 0.15) is 5.03 Å². The van der Waals surface area contributed by atoms with Crippen LogP contribution in [0, 0.1) is 0 Å². The zero-order valence-electron chi connectivity index (χ0n) is 8.16. The summed E-state index contributed by atoms with van der Waals surface area (Å²) in [4.78, 5) is 4.32. The Balaban J connectivity index is 2.78. The fourth-order valence-corrected chi connectivity index (χ4v) is 2.02. The van der Waals surface area contributed by atoms with Crippen molar-refractivity contribution in [3.05, 3.63) is 23.9 Å². The second-order valence-corrected chi connectivity index (χ2v) is 4.12. The Labute approximate surface area is 83.9 Å². The SMILES string of the molecule is CCCSc1ncccc1[C@@H](C)N. The number of hydrogen-bond acceptors (Lipinski definition) is 3. The van der Waals surface area contributed by atoms with Crippen molar-refractivity contribution in [3.8, 4) is 0 Å². The minimum atomic E-state index is 0.0769. The molecule has 0 aliphatic carbocycles. The smallest absolute Gasteiger partial charge is 0.101 e. The Hall–Kier alpha value is -0.540. The van der Waals surface area contributed by atoms with Gasteiger partial charge in [-0.2, -0.15) is 0 Å². The second kappa shape index (κ2) is 5.25. The molecule has 0 fully saturated rings. The summed E-state index contributed by atoms with van der Waals surface area (Å²) in [5.41, 5.74) is 6.99. The van der Waals surface area contributed by atoms with Crippen molar-refractivity contribution >= 4 is 11.8 Å². The fraction of sp³-hybridized carbons (Fsp3) is 0.500. The minimum absolute atomic E-state index is 0.0769. The molecule has 2 N–H and O–H groups in total. The quantitative estimate of drug-likeness (QED) is 0.752. The third kappa shape index (κ3) is 3.01. The summed E-state index contributed by atoms with van der Waals surface area (Å²) in [6.07, 6.45) is 2.99. The number of hydrogen-bond donors (Lipinski definition) is 1. The van der Waals surface area contributed by atoms with Crippen LogP contribution in [0.25, 0.3) is 0 Å². The third-order valence-electron chi connectivity index (χ3n) is 1.73. The second-order valence-electron chi connectivity index (χ2n) is 3.03. The van der Waals surface area contributed by atoms with E-state index in [-0.39, 0.29) is 6.04 Å². The van der Waals surface area contributed by atoms with Gasteiger partial charge < -0.3 is 5.73 Å². The van der Waals surface area contributed by atoms with E-state index in [1.807, 2.05) is 19.2 Å². The number of pyridine rings is 1. The molecule has 0 bridgehead atoms. The molecule has 0 spiro atoms. The van der Waals surface area contributed by atoms with E-state index >= 15 is 0 Å². The molecular formula is C10H16N2S. The molecule has 1 aromatic rings. The van der Waals surface area contributed by atoms with Crippen molar-refractivity contribution in [2.24, 2.45) is 5.73 Å². The Morgan fingerprint density at radius 1 is 1.62 bits per heavy atom. The van der Waals surface area contributed by atoms with Gasteiger partial charge in [0.25, 0.3) is 0 Å². The van der Waals surface area contributed by atoms with Crippen LogP contribution < -0.4 is 5.73 Å². The number of nitrogens with zero attached hydrogens (tertiary/aromatic N) is 1. The van der Waals surface area contributed by atoms with Gasteiger partial charge in [0, 0.05) is 17.8 Å². The third-order valence-corrected chi connectivity index (χ3v) is 2.96. The standard InChI is InChI=1S/C10H16N2S/c1-3-7-13-10-9(8(2)11)5-4-6-12-10/h4-6,8H,3,7,11H2,1-2H3/t8-/m1/s1. The van der Waals surface area contributed by atoms with Crippen LogP contribution in [0.1, 0.15) is 31.9 Å². The molecule has 72 valence electrons. The fourth-order valence-electron chi connectivity index (χ4n) is 1.07. The normalized spacial score (nSPS) is 12.8. The predicted molar refractivity (Wildman–Crippen MR) is 57.9 cm³/mol. The maximum atomic E-state index is 5.83. The predicted octanol–water partition coefficient (Wildman–Crippen LogP) is 2.60. The molecular weight excluding hydrogens is 180 g/mol. The van der Waals surface area contributed by atoms with Crippen LogP contribution in [0.5, 0.6) is 0 Å². The molecule has 0 amide bonds. The largest absolute Gasteiger partial charge is 0.324 e. The van der Waals surface area contributed by atoms with Gasteiger partial charge in [-0.05, 0) is 25.2 Å². The lowest BCUT2D eigenvalue weighted by molar-refractivity contribution is 0.779. The number of nitrogens with two attached hydrogens (primary N) is 1. The summed E-state index contributed by atoms with van der Waals surface area (Å²) >= 11 is 1.78. The Bertz CT molecular complexity index is 261. The van der Waals surface area contributed by atoms with Crippen molar-refractivity contribution in [2.75, 3.05) is 5.75 Å². The van der Waals surface area contributed by atoms with Crippen molar-refractivity contribution in [1.82, 2.24) is 4.98 Å². The van der Waals surface area contributed by atoms with Gasteiger partial charge >= 0.3 is 0 Å². The lowest BCUT2D eigenvalue weighted by Crippen LogP contribution is -2.07. The van der Waals surface area contributed by atoms with E-state index in [4.69, 9.17) is 5.73 Å². The summed E-state index contributed by atoms with van der Waals surface area (Å²) in [7, 11) is 0. The van der Waals surface area contributed by atoms with E-state index in [0.717, 1.165) is 16.3 Å². The average Bonchev–Trinajstić information content (AvgIpc) is 2.15. The molecule has 13 heavy (non-hydrogen) atoms. The van der Waals surface area contributed by atoms with Crippen molar-refractivity contribution in [2.45, 2.75) is 31.3 Å². The molecule has 1 rings (SSSR count). The Kier molecular flexibility index (Phi) is 4.25. The van der Waals surface area contributed by atoms with Gasteiger partial charge in [-0.3, -0.25) is 0 Å². The highest BCUT2D eigenvalue weighted by Crippen LogP contribution is 2.24. The summed E-state index contributed by atoms with van der Waals surface area (Å²) in [6.45, 7) is 4.16. The maximum absolute atomic E-state index is 5.83. The molecule has 1 aromatic heterocycles. The molecule has 0 saturated carbocycles. The lowest BCUT2D eigenvalue weighted by atomic mass is 10.2. The van der Waals surface area contributed by atoms with Gasteiger partial charge in [-0.25, -0.2) is 4.98 Å². The Morgan fingerprint density at radius 2 is 2.38 bits per heavy atom. The maximum Gasteiger partial charge on any atom is 0.101 e. The molecule has 2 nitrogen and oxygen atoms in total. The van der Waals surface area contributed by atoms with Gasteiger partial charge in [0.2, 0.25) is 0 Å². The first-order valence-corrected chi connectivity index (χ1v) is 5.57. The van der Waals surface area contributed by atoms with Crippen molar-refractivity contribution in [1.29, 1.82) is 0 Å². The first-order chi connectivity index (χ1) is 6.25. The zero-order valence-corrected chi connectivity index (χ0v) is 8.97. The van der Waals surface area contributed by atoms with Gasteiger partial charge in [0.15, 0.2) is 0 Å². The summed E-state index contributed by atoms with van der Waals surface area (Å²) in [6, 6.07) is 4.07. The molecule has 0 saturated heterocycles. The van der Waals surface area contributed by atoms with Crippen LogP contribution in [0.4, 0.5) is 0 Å². The molecule has 0 radical (unpaired) electrons. The zero-order chi connectivity index (χ0) is 9.68. The highest BCUT2D eigenvalue weighted by atomic mass is 32.2. The van der Waals surface area contributed by atoms with Gasteiger partial charge in [0.05, 0.1) is 0 Å². The van der Waals surface area contributed by atoms with E-state index in [1.54, 1.807) is 11.8 Å². The molecule has 1 heterocycles. The molecule has 0 aliphatic heterocycles. The van der Waals surface area contributed by atoms with Crippen LogP contribution in [0.3, 0.4) is 0 Å². The highest BCUT2D eigenvalue weighted by molar-refractivity contribution is 7.99. The summed E-state index contributed by atoms with van der Waals surface area (Å²) in [5, 5.41) is 1.08. The van der Waals surface area contributed by atoms with E-state index in [9.17, 15) is 0 Å². The van der Waals surface area contributed by atoms with E-state index in [0.29, 0.717) is 0 Å². The number of rotatable bonds is 4. The lowest BCUT2D eigenvalue weighted by Gasteiger charge is -2.09. The van der Waals surface area contributed by atoms with Crippen LogP contribution in [0.2, 0.25) is 0 Å². The van der Waals surface area contributed by atoms with E-state index in [2.05, 4.69) is 18.0 Å². The van der Waals surface area contributed by atoms with Crippen LogP contribution in [0.15, 0.2) is 23.4 Å². The van der Waals surface area contributed by atoms with Crippen LogP contribution >= 0.6 is 11.8 Å². The molecule has 0 aliphatic rings. The van der Waals surface area contributed by atoms with Crippen molar-refractivity contribution < 1.29 is 0 Å². The van der Waals surface area contributed by atoms with Gasteiger partial charge in [-0.1, -0.05) is 13.0 Å². The van der Waals surface area contributed by atoms with E-state index in [1.165, 1.54) is 6.42 Å². The number of aromatic nitrogens is 1. The first-order valence-electron chi connectivity index (χ1n) is 4.59. The number of thioether (sulfide) groups is 1. The molecule has 1 atom stereocenters. The average molecular weight is 196 g/mol.